The zero-order valence-corrected chi connectivity index (χ0v) is 22.1. The van der Waals surface area contributed by atoms with E-state index in [1.807, 2.05) is 0 Å². The molecule has 0 unspecified atom stereocenters. The fourth-order valence-corrected chi connectivity index (χ4v) is 10.3. The maximum absolute atomic E-state index is 15.5. The van der Waals surface area contributed by atoms with E-state index in [4.69, 9.17) is 16.3 Å². The molecular weight excluding hydrogens is 558 g/mol. The van der Waals surface area contributed by atoms with Crippen molar-refractivity contribution in [2.24, 2.45) is 11.3 Å². The Labute approximate surface area is 217 Å². The van der Waals surface area contributed by atoms with Crippen molar-refractivity contribution in [3.05, 3.63) is 58.6 Å². The van der Waals surface area contributed by atoms with Crippen LogP contribution >= 0.6 is 11.6 Å². The van der Waals surface area contributed by atoms with Gasteiger partial charge in [-0.05, 0) is 61.1 Å². The molecule has 0 bridgehead atoms. The van der Waals surface area contributed by atoms with E-state index < -0.39 is 64.1 Å². The number of nitrogens with zero attached hydrogens (tertiary/aromatic N) is 1. The molecule has 0 amide bonds. The van der Waals surface area contributed by atoms with E-state index >= 15 is 4.39 Å². The third-order valence-electron chi connectivity index (χ3n) is 8.15. The number of hydrogen-bond acceptors (Lipinski definition) is 5. The molecule has 3 aliphatic rings. The zero-order chi connectivity index (χ0) is 27.0. The number of halogens is 5. The van der Waals surface area contributed by atoms with Gasteiger partial charge in [-0.25, -0.2) is 25.6 Å². The van der Waals surface area contributed by atoms with Crippen molar-refractivity contribution >= 4 is 31.5 Å². The standard InChI is InChI=1S/C24H24ClF4NO5S2/c1-22(28,29)37(33,34)30-12-11-23(14-30)9-2-10-24(36(31,32)16-5-3-15(25)4-6-16)19(23)13-35-21-18(27)8-7-17(26)20(21)24/h3-8,19H,2,9-14H2,1H3/t19-,23+,24-/m0/s1. The molecule has 2 aliphatic heterocycles. The van der Waals surface area contributed by atoms with Crippen LogP contribution in [0.15, 0.2) is 41.3 Å². The Morgan fingerprint density at radius 2 is 1.65 bits per heavy atom. The Bertz CT molecular complexity index is 1460. The normalized spacial score (nSPS) is 28.5. The second-order valence-corrected chi connectivity index (χ2v) is 14.9. The fourth-order valence-electron chi connectivity index (χ4n) is 6.45. The third kappa shape index (κ3) is 3.73. The summed E-state index contributed by atoms with van der Waals surface area (Å²) >= 11 is 5.96. The van der Waals surface area contributed by atoms with Gasteiger partial charge in [0.2, 0.25) is 0 Å². The summed E-state index contributed by atoms with van der Waals surface area (Å²) in [4.78, 5) is -0.168. The Morgan fingerprint density at radius 1 is 1.00 bits per heavy atom. The van der Waals surface area contributed by atoms with E-state index in [9.17, 15) is 30.0 Å². The van der Waals surface area contributed by atoms with Gasteiger partial charge < -0.3 is 4.74 Å². The molecule has 3 atom stereocenters. The summed E-state index contributed by atoms with van der Waals surface area (Å²) in [5, 5.41) is -3.76. The molecule has 2 fully saturated rings. The highest BCUT2D eigenvalue weighted by Gasteiger charge is 2.67. The molecule has 2 heterocycles. The van der Waals surface area contributed by atoms with Gasteiger partial charge in [0.25, 0.3) is 10.0 Å². The molecule has 5 rings (SSSR count). The van der Waals surface area contributed by atoms with Crippen LogP contribution in [0.3, 0.4) is 0 Å². The van der Waals surface area contributed by atoms with Crippen LogP contribution in [0.4, 0.5) is 17.6 Å². The predicted octanol–water partition coefficient (Wildman–Crippen LogP) is 5.11. The number of sulfone groups is 1. The highest BCUT2D eigenvalue weighted by molar-refractivity contribution is 7.92. The van der Waals surface area contributed by atoms with Crippen molar-refractivity contribution < 1.29 is 39.1 Å². The van der Waals surface area contributed by atoms with Crippen LogP contribution < -0.4 is 4.74 Å². The van der Waals surface area contributed by atoms with Crippen LogP contribution in [-0.2, 0) is 24.6 Å². The Kier molecular flexibility index (Phi) is 6.18. The molecule has 0 N–H and O–H groups in total. The number of alkyl halides is 2. The molecule has 37 heavy (non-hydrogen) atoms. The number of rotatable bonds is 4. The quantitative estimate of drug-likeness (QED) is 0.469. The SMILES string of the molecule is CC(F)(F)S(=O)(=O)N1CC[C@]2(CCC[C@@]3(S(=O)(=O)c4ccc(Cl)cc4)c4c(F)ccc(F)c4OC[C@@H]23)C1. The van der Waals surface area contributed by atoms with E-state index in [0.717, 1.165) is 12.1 Å². The second kappa shape index (κ2) is 8.56. The van der Waals surface area contributed by atoms with E-state index in [1.54, 1.807) is 0 Å². The molecule has 6 nitrogen and oxygen atoms in total. The number of sulfonamides is 1. The van der Waals surface area contributed by atoms with Crippen molar-refractivity contribution in [1.29, 1.82) is 0 Å². The topological polar surface area (TPSA) is 80.8 Å². The van der Waals surface area contributed by atoms with E-state index in [1.165, 1.54) is 24.3 Å². The average Bonchev–Trinajstić information content (AvgIpc) is 3.26. The van der Waals surface area contributed by atoms with Crippen LogP contribution in [-0.4, -0.2) is 46.1 Å². The van der Waals surface area contributed by atoms with Crippen LogP contribution in [0, 0.1) is 23.0 Å². The van der Waals surface area contributed by atoms with Crippen molar-refractivity contribution in [3.8, 4) is 5.75 Å². The number of benzene rings is 2. The molecule has 0 aromatic heterocycles. The lowest BCUT2D eigenvalue weighted by Gasteiger charge is -2.55. The van der Waals surface area contributed by atoms with Crippen LogP contribution in [0.5, 0.6) is 5.75 Å². The van der Waals surface area contributed by atoms with Gasteiger partial charge in [0, 0.05) is 31.0 Å². The van der Waals surface area contributed by atoms with Gasteiger partial charge in [0.1, 0.15) is 10.6 Å². The minimum absolute atomic E-state index is 0.0699. The first kappa shape index (κ1) is 26.7. The maximum Gasteiger partial charge on any atom is 0.356 e. The third-order valence-corrected chi connectivity index (χ3v) is 12.8. The molecule has 13 heteroatoms. The van der Waals surface area contributed by atoms with Crippen molar-refractivity contribution in [2.45, 2.75) is 47.5 Å². The summed E-state index contributed by atoms with van der Waals surface area (Å²) < 4.78 is 117. The monoisotopic (exact) mass is 581 g/mol. The zero-order valence-electron chi connectivity index (χ0n) is 19.7. The van der Waals surface area contributed by atoms with Crippen molar-refractivity contribution in [2.75, 3.05) is 19.7 Å². The molecule has 1 saturated heterocycles. The van der Waals surface area contributed by atoms with Crippen LogP contribution in [0.1, 0.15) is 38.2 Å². The molecule has 202 valence electrons. The highest BCUT2D eigenvalue weighted by Crippen LogP contribution is 2.64. The lowest BCUT2D eigenvalue weighted by molar-refractivity contribution is 0.00805. The summed E-state index contributed by atoms with van der Waals surface area (Å²) in [6, 6.07) is 6.98. The van der Waals surface area contributed by atoms with Crippen LogP contribution in [0.25, 0.3) is 0 Å². The number of fused-ring (bicyclic) bond motifs is 4. The van der Waals surface area contributed by atoms with E-state index in [-0.39, 0.29) is 48.9 Å². The van der Waals surface area contributed by atoms with Gasteiger partial charge in [-0.2, -0.15) is 13.1 Å². The maximum atomic E-state index is 15.5. The molecular formula is C24H24ClF4NO5S2. The summed E-state index contributed by atoms with van der Waals surface area (Å²) in [6.07, 6.45) is 0.514. The first-order valence-corrected chi connectivity index (χ1v) is 15.0. The second-order valence-electron chi connectivity index (χ2n) is 10.1. The van der Waals surface area contributed by atoms with Crippen molar-refractivity contribution in [1.82, 2.24) is 4.31 Å². The molecule has 0 radical (unpaired) electrons. The van der Waals surface area contributed by atoms with Gasteiger partial charge in [0.15, 0.2) is 21.4 Å². The summed E-state index contributed by atoms with van der Waals surface area (Å²) in [5.41, 5.74) is -1.56. The van der Waals surface area contributed by atoms with Crippen molar-refractivity contribution in [3.63, 3.8) is 0 Å². The van der Waals surface area contributed by atoms with E-state index in [0.29, 0.717) is 17.6 Å². The number of hydrogen-bond donors (Lipinski definition) is 0. The van der Waals surface area contributed by atoms with Gasteiger partial charge in [-0.3, -0.25) is 0 Å². The summed E-state index contributed by atoms with van der Waals surface area (Å²) in [5.74, 6) is -3.45. The smallest absolute Gasteiger partial charge is 0.356 e. The first-order valence-electron chi connectivity index (χ1n) is 11.7. The minimum Gasteiger partial charge on any atom is -0.490 e. The van der Waals surface area contributed by atoms with Crippen LogP contribution in [0.2, 0.25) is 5.02 Å². The first-order chi connectivity index (χ1) is 17.2. The molecule has 2 aromatic rings. The lowest BCUT2D eigenvalue weighted by atomic mass is 9.58. The van der Waals surface area contributed by atoms with Gasteiger partial charge in [-0.1, -0.05) is 18.0 Å². The number of ether oxygens (including phenoxy) is 1. The molecule has 2 aromatic carbocycles. The predicted molar refractivity (Wildman–Crippen MR) is 128 cm³/mol. The van der Waals surface area contributed by atoms with Gasteiger partial charge in [-0.15, -0.1) is 0 Å². The Balaban J connectivity index is 1.73. The largest absolute Gasteiger partial charge is 0.490 e. The molecule has 1 aliphatic carbocycles. The summed E-state index contributed by atoms with van der Waals surface area (Å²) in [6.45, 7) is -0.688. The molecule has 1 spiro atoms. The average molecular weight is 582 g/mol. The minimum atomic E-state index is -5.02. The highest BCUT2D eigenvalue weighted by atomic mass is 35.5. The van der Waals surface area contributed by atoms with Gasteiger partial charge in [0.05, 0.1) is 17.1 Å². The Hall–Kier alpha value is -1.89. The summed E-state index contributed by atoms with van der Waals surface area (Å²) in [7, 11) is -9.48. The lowest BCUT2D eigenvalue weighted by Crippen LogP contribution is -2.59. The molecule has 1 saturated carbocycles. The fraction of sp³-hybridized carbons (Fsp3) is 0.500. The van der Waals surface area contributed by atoms with E-state index in [2.05, 4.69) is 0 Å². The van der Waals surface area contributed by atoms with Gasteiger partial charge >= 0.3 is 5.25 Å². The Morgan fingerprint density at radius 3 is 2.30 bits per heavy atom.